The third-order valence-electron chi connectivity index (χ3n) is 6.34. The van der Waals surface area contributed by atoms with Crippen molar-refractivity contribution in [2.24, 2.45) is 0 Å². The van der Waals surface area contributed by atoms with E-state index in [1.54, 1.807) is 27.5 Å². The van der Waals surface area contributed by atoms with Crippen molar-refractivity contribution in [3.8, 4) is 22.9 Å². The molecule has 182 valence electrons. The molecule has 0 N–H and O–H groups in total. The Balaban J connectivity index is 1.33. The first-order valence-corrected chi connectivity index (χ1v) is 12.3. The van der Waals surface area contributed by atoms with Gasteiger partial charge in [-0.1, -0.05) is 6.07 Å². The Morgan fingerprint density at radius 3 is 2.37 bits per heavy atom. The van der Waals surface area contributed by atoms with Gasteiger partial charge in [0.2, 0.25) is 5.75 Å². The molecular formula is C26H28N4O4S. The molecule has 35 heavy (non-hydrogen) atoms. The highest BCUT2D eigenvalue weighted by Gasteiger charge is 2.28. The van der Waals surface area contributed by atoms with Crippen molar-refractivity contribution >= 4 is 27.5 Å². The van der Waals surface area contributed by atoms with E-state index < -0.39 is 0 Å². The molecule has 1 fully saturated rings. The topological polar surface area (TPSA) is 69.1 Å². The second-order valence-corrected chi connectivity index (χ2v) is 9.29. The molecule has 0 unspecified atom stereocenters. The highest BCUT2D eigenvalue weighted by atomic mass is 32.1. The fourth-order valence-electron chi connectivity index (χ4n) is 4.59. The summed E-state index contributed by atoms with van der Waals surface area (Å²) in [6, 6.07) is 11.8. The average molecular weight is 493 g/mol. The number of benzene rings is 1. The van der Waals surface area contributed by atoms with Gasteiger partial charge in [0.05, 0.1) is 27.0 Å². The molecular weight excluding hydrogens is 464 g/mol. The number of piperazine rings is 1. The van der Waals surface area contributed by atoms with Gasteiger partial charge in [0.1, 0.15) is 9.71 Å². The average Bonchev–Trinajstić information content (AvgIpc) is 3.56. The van der Waals surface area contributed by atoms with E-state index in [9.17, 15) is 4.79 Å². The van der Waals surface area contributed by atoms with Gasteiger partial charge in [-0.05, 0) is 30.3 Å². The molecule has 1 amide bonds. The molecule has 4 heterocycles. The quantitative estimate of drug-likeness (QED) is 0.387. The van der Waals surface area contributed by atoms with Crippen molar-refractivity contribution in [3.05, 3.63) is 65.4 Å². The fraction of sp³-hybridized carbons (Fsp3) is 0.308. The molecule has 0 bridgehead atoms. The summed E-state index contributed by atoms with van der Waals surface area (Å²) < 4.78 is 18.6. The molecule has 4 aromatic rings. The molecule has 9 heteroatoms. The summed E-state index contributed by atoms with van der Waals surface area (Å²) in [7, 11) is 4.86. The monoisotopic (exact) mass is 492 g/mol. The van der Waals surface area contributed by atoms with E-state index in [1.807, 2.05) is 58.3 Å². The van der Waals surface area contributed by atoms with Gasteiger partial charge in [-0.3, -0.25) is 9.69 Å². The van der Waals surface area contributed by atoms with Crippen LogP contribution in [0.4, 0.5) is 0 Å². The maximum absolute atomic E-state index is 13.6. The maximum Gasteiger partial charge on any atom is 0.266 e. The molecule has 0 saturated carbocycles. The number of rotatable bonds is 7. The maximum atomic E-state index is 13.6. The Morgan fingerprint density at radius 1 is 0.943 bits per heavy atom. The Hall–Kier alpha value is -3.56. The first-order chi connectivity index (χ1) is 17.1. The Labute approximate surface area is 208 Å². The number of ether oxygens (including phenoxy) is 3. The van der Waals surface area contributed by atoms with Gasteiger partial charge >= 0.3 is 0 Å². The molecule has 0 spiro atoms. The predicted octanol–water partition coefficient (Wildman–Crippen LogP) is 4.07. The zero-order valence-electron chi connectivity index (χ0n) is 20.1. The fourth-order valence-corrected chi connectivity index (χ4v) is 5.70. The molecule has 1 aliphatic rings. The van der Waals surface area contributed by atoms with Gasteiger partial charge in [-0.25, -0.2) is 4.98 Å². The van der Waals surface area contributed by atoms with E-state index in [4.69, 9.17) is 14.2 Å². The van der Waals surface area contributed by atoms with Gasteiger partial charge in [-0.15, -0.1) is 11.3 Å². The van der Waals surface area contributed by atoms with Crippen LogP contribution in [0.1, 0.15) is 15.2 Å². The molecule has 1 aliphatic heterocycles. The van der Waals surface area contributed by atoms with Crippen LogP contribution in [-0.4, -0.2) is 72.8 Å². The third-order valence-corrected chi connectivity index (χ3v) is 7.43. The largest absolute Gasteiger partial charge is 0.493 e. The number of pyridine rings is 1. The van der Waals surface area contributed by atoms with Crippen LogP contribution in [0.3, 0.4) is 0 Å². The summed E-state index contributed by atoms with van der Waals surface area (Å²) in [5.41, 5.74) is 1.93. The van der Waals surface area contributed by atoms with E-state index in [-0.39, 0.29) is 5.91 Å². The van der Waals surface area contributed by atoms with Crippen LogP contribution >= 0.6 is 11.3 Å². The molecule has 1 saturated heterocycles. The standard InChI is InChI=1S/C26H28N4O4S/c1-32-20-9-8-18(22(33-2)23(20)34-3)17-28-13-15-30(16-14-28)26(31)24-21(29-11-4-5-12-29)19-7-6-10-27-25(19)35-24/h4-12H,13-17H2,1-3H3. The van der Waals surface area contributed by atoms with Crippen LogP contribution in [0.5, 0.6) is 17.2 Å². The van der Waals surface area contributed by atoms with Gasteiger partial charge in [0, 0.05) is 62.3 Å². The van der Waals surface area contributed by atoms with E-state index in [0.717, 1.165) is 39.4 Å². The smallest absolute Gasteiger partial charge is 0.266 e. The lowest BCUT2D eigenvalue weighted by atomic mass is 10.1. The lowest BCUT2D eigenvalue weighted by molar-refractivity contribution is 0.0632. The number of carbonyl (C=O) groups is 1. The minimum Gasteiger partial charge on any atom is -0.493 e. The molecule has 0 aliphatic carbocycles. The summed E-state index contributed by atoms with van der Waals surface area (Å²) in [6.07, 6.45) is 5.72. The lowest BCUT2D eigenvalue weighted by Crippen LogP contribution is -2.48. The highest BCUT2D eigenvalue weighted by Crippen LogP contribution is 2.40. The van der Waals surface area contributed by atoms with Crippen molar-refractivity contribution in [1.82, 2.24) is 19.4 Å². The number of hydrogen-bond donors (Lipinski definition) is 0. The van der Waals surface area contributed by atoms with Gasteiger partial charge in [0.25, 0.3) is 5.91 Å². The number of methoxy groups -OCH3 is 3. The molecule has 1 aromatic carbocycles. The number of fused-ring (bicyclic) bond motifs is 1. The van der Waals surface area contributed by atoms with Crippen LogP contribution in [-0.2, 0) is 6.54 Å². The number of carbonyl (C=O) groups excluding carboxylic acids is 1. The lowest BCUT2D eigenvalue weighted by Gasteiger charge is -2.35. The number of hydrogen-bond acceptors (Lipinski definition) is 7. The predicted molar refractivity (Wildman–Crippen MR) is 136 cm³/mol. The minimum atomic E-state index is 0.0556. The van der Waals surface area contributed by atoms with Crippen LogP contribution in [0.2, 0.25) is 0 Å². The van der Waals surface area contributed by atoms with Crippen molar-refractivity contribution in [1.29, 1.82) is 0 Å². The van der Waals surface area contributed by atoms with Crippen molar-refractivity contribution in [2.45, 2.75) is 6.54 Å². The van der Waals surface area contributed by atoms with Crippen LogP contribution in [0, 0.1) is 0 Å². The van der Waals surface area contributed by atoms with E-state index in [2.05, 4.69) is 9.88 Å². The van der Waals surface area contributed by atoms with E-state index >= 15 is 0 Å². The molecule has 0 atom stereocenters. The van der Waals surface area contributed by atoms with E-state index in [1.165, 1.54) is 11.3 Å². The zero-order valence-corrected chi connectivity index (χ0v) is 20.9. The molecule has 8 nitrogen and oxygen atoms in total. The summed E-state index contributed by atoms with van der Waals surface area (Å²) in [5.74, 6) is 1.97. The van der Waals surface area contributed by atoms with Gasteiger partial charge < -0.3 is 23.7 Å². The first-order valence-electron chi connectivity index (χ1n) is 11.4. The van der Waals surface area contributed by atoms with Crippen LogP contribution in [0.25, 0.3) is 15.9 Å². The first kappa shape index (κ1) is 23.2. The number of nitrogens with zero attached hydrogens (tertiary/aromatic N) is 4. The SMILES string of the molecule is COc1ccc(CN2CCN(C(=O)c3sc4ncccc4c3-n3cccc3)CC2)c(OC)c1OC. The Bertz CT molecular complexity index is 1330. The van der Waals surface area contributed by atoms with Crippen molar-refractivity contribution in [2.75, 3.05) is 47.5 Å². The minimum absolute atomic E-state index is 0.0556. The molecule has 5 rings (SSSR count). The molecule has 0 radical (unpaired) electrons. The summed E-state index contributed by atoms with van der Waals surface area (Å²) in [5, 5.41) is 0.997. The second-order valence-electron chi connectivity index (χ2n) is 8.29. The zero-order chi connectivity index (χ0) is 24.4. The highest BCUT2D eigenvalue weighted by molar-refractivity contribution is 7.21. The number of thiophene rings is 1. The van der Waals surface area contributed by atoms with Crippen LogP contribution in [0.15, 0.2) is 55.0 Å². The number of aromatic nitrogens is 2. The van der Waals surface area contributed by atoms with Crippen molar-refractivity contribution in [3.63, 3.8) is 0 Å². The summed E-state index contributed by atoms with van der Waals surface area (Å²) in [4.78, 5) is 24.0. The third kappa shape index (κ3) is 4.33. The van der Waals surface area contributed by atoms with Gasteiger partial charge in [0.15, 0.2) is 11.5 Å². The number of amides is 1. The second kappa shape index (κ2) is 9.97. The Kier molecular flexibility index (Phi) is 6.61. The van der Waals surface area contributed by atoms with Crippen LogP contribution < -0.4 is 14.2 Å². The molecule has 3 aromatic heterocycles. The Morgan fingerprint density at radius 2 is 1.69 bits per heavy atom. The normalized spacial score (nSPS) is 14.3. The summed E-state index contributed by atoms with van der Waals surface area (Å²) >= 11 is 1.46. The summed E-state index contributed by atoms with van der Waals surface area (Å²) in [6.45, 7) is 3.55. The van der Waals surface area contributed by atoms with Crippen molar-refractivity contribution < 1.29 is 19.0 Å². The van der Waals surface area contributed by atoms with E-state index in [0.29, 0.717) is 36.9 Å². The van der Waals surface area contributed by atoms with Gasteiger partial charge in [-0.2, -0.15) is 0 Å².